The molecular weight excluding hydrogens is 326 g/mol. The molecule has 2 rings (SSSR count). The van der Waals surface area contributed by atoms with Crippen LogP contribution in [0.5, 0.6) is 0 Å². The van der Waals surface area contributed by atoms with Crippen molar-refractivity contribution >= 4 is 5.91 Å². The summed E-state index contributed by atoms with van der Waals surface area (Å²) in [5.41, 5.74) is 2.37. The Morgan fingerprint density at radius 2 is 1.81 bits per heavy atom. The van der Waals surface area contributed by atoms with Gasteiger partial charge in [0.2, 0.25) is 0 Å². The maximum atomic E-state index is 12.8. The molecule has 0 aliphatic heterocycles. The normalized spacial score (nSPS) is 13.2. The number of carbonyl (C=O) groups excluding carboxylic acids is 1. The number of ether oxygens (including phenoxy) is 1. The quantitative estimate of drug-likeness (QED) is 0.680. The van der Waals surface area contributed by atoms with Gasteiger partial charge < -0.3 is 15.2 Å². The highest BCUT2D eigenvalue weighted by molar-refractivity contribution is 5.96. The lowest BCUT2D eigenvalue weighted by Gasteiger charge is -2.20. The van der Waals surface area contributed by atoms with Crippen LogP contribution in [-0.2, 0) is 11.2 Å². The molecule has 0 aliphatic rings. The van der Waals surface area contributed by atoms with Crippen molar-refractivity contribution < 1.29 is 14.6 Å². The molecule has 0 radical (unpaired) electrons. The summed E-state index contributed by atoms with van der Waals surface area (Å²) in [6.45, 7) is 2.52. The van der Waals surface area contributed by atoms with Gasteiger partial charge in [-0.15, -0.1) is 0 Å². The molecular formula is C22H29NO3. The van der Waals surface area contributed by atoms with Crippen molar-refractivity contribution in [1.29, 1.82) is 0 Å². The van der Waals surface area contributed by atoms with E-state index in [2.05, 4.69) is 12.2 Å². The Morgan fingerprint density at radius 1 is 1.12 bits per heavy atom. The largest absolute Gasteiger partial charge is 0.388 e. The number of nitrogens with one attached hydrogen (secondary N) is 1. The fourth-order valence-electron chi connectivity index (χ4n) is 3.06. The number of carbonyl (C=O) groups is 1. The molecule has 4 nitrogen and oxygen atoms in total. The number of hydrogen-bond donors (Lipinski definition) is 2. The van der Waals surface area contributed by atoms with Crippen molar-refractivity contribution in [3.63, 3.8) is 0 Å². The lowest BCUT2D eigenvalue weighted by molar-refractivity contribution is 0.0888. The summed E-state index contributed by atoms with van der Waals surface area (Å²) in [7, 11) is 1.63. The summed E-state index contributed by atoms with van der Waals surface area (Å²) >= 11 is 0. The van der Waals surface area contributed by atoms with Crippen molar-refractivity contribution in [2.45, 2.75) is 44.8 Å². The van der Waals surface area contributed by atoms with Gasteiger partial charge in [0.1, 0.15) is 0 Å². The number of aliphatic hydroxyl groups is 1. The van der Waals surface area contributed by atoms with Crippen LogP contribution in [0.2, 0.25) is 0 Å². The minimum Gasteiger partial charge on any atom is -0.388 e. The highest BCUT2D eigenvalue weighted by Gasteiger charge is 2.19. The predicted octanol–water partition coefficient (Wildman–Crippen LogP) is 3.90. The molecule has 0 aliphatic carbocycles. The first-order chi connectivity index (χ1) is 12.7. The van der Waals surface area contributed by atoms with Crippen LogP contribution in [0.1, 0.15) is 53.8 Å². The fourth-order valence-corrected chi connectivity index (χ4v) is 3.06. The van der Waals surface area contributed by atoms with Gasteiger partial charge in [-0.3, -0.25) is 4.79 Å². The summed E-state index contributed by atoms with van der Waals surface area (Å²) in [6.07, 6.45) is 2.68. The molecule has 2 N–H and O–H groups in total. The third-order valence-corrected chi connectivity index (χ3v) is 4.42. The average Bonchev–Trinajstić information content (AvgIpc) is 2.67. The van der Waals surface area contributed by atoms with Gasteiger partial charge in [-0.05, 0) is 30.0 Å². The highest BCUT2D eigenvalue weighted by Crippen LogP contribution is 2.23. The summed E-state index contributed by atoms with van der Waals surface area (Å²) in [6, 6.07) is 17.2. The lowest BCUT2D eigenvalue weighted by atomic mass is 9.97. The van der Waals surface area contributed by atoms with Crippen molar-refractivity contribution in [2.24, 2.45) is 0 Å². The van der Waals surface area contributed by atoms with E-state index in [4.69, 9.17) is 4.74 Å². The molecule has 0 aromatic heterocycles. The van der Waals surface area contributed by atoms with Gasteiger partial charge in [0.15, 0.2) is 0 Å². The SMILES string of the molecule is CCCC[C@@H](O)c1ccccc1C(=O)N[C@H](COC)Cc1ccccc1. The van der Waals surface area contributed by atoms with E-state index in [1.807, 2.05) is 48.5 Å². The zero-order valence-electron chi connectivity index (χ0n) is 15.7. The van der Waals surface area contributed by atoms with Gasteiger partial charge in [-0.1, -0.05) is 68.3 Å². The van der Waals surface area contributed by atoms with Gasteiger partial charge in [0.05, 0.1) is 18.8 Å². The number of aliphatic hydroxyl groups excluding tert-OH is 1. The van der Waals surface area contributed by atoms with E-state index in [0.717, 1.165) is 18.4 Å². The number of amides is 1. The van der Waals surface area contributed by atoms with Crippen LogP contribution in [0.3, 0.4) is 0 Å². The van der Waals surface area contributed by atoms with E-state index in [9.17, 15) is 9.90 Å². The summed E-state index contributed by atoms with van der Waals surface area (Å²) in [5, 5.41) is 13.5. The first-order valence-corrected chi connectivity index (χ1v) is 9.26. The zero-order valence-corrected chi connectivity index (χ0v) is 15.7. The van der Waals surface area contributed by atoms with Crippen LogP contribution >= 0.6 is 0 Å². The van der Waals surface area contributed by atoms with Crippen LogP contribution in [0, 0.1) is 0 Å². The van der Waals surface area contributed by atoms with Crippen LogP contribution < -0.4 is 5.32 Å². The molecule has 1 amide bonds. The Hall–Kier alpha value is -2.17. The van der Waals surface area contributed by atoms with E-state index in [1.165, 1.54) is 0 Å². The number of rotatable bonds is 10. The lowest BCUT2D eigenvalue weighted by Crippen LogP contribution is -2.40. The Balaban J connectivity index is 2.11. The third kappa shape index (κ3) is 5.97. The molecule has 0 spiro atoms. The second kappa shape index (κ2) is 10.7. The molecule has 2 aromatic rings. The zero-order chi connectivity index (χ0) is 18.8. The molecule has 26 heavy (non-hydrogen) atoms. The van der Waals surface area contributed by atoms with Crippen LogP contribution in [0.25, 0.3) is 0 Å². The number of benzene rings is 2. The van der Waals surface area contributed by atoms with E-state index >= 15 is 0 Å². The predicted molar refractivity (Wildman–Crippen MR) is 104 cm³/mol. The average molecular weight is 355 g/mol. The smallest absolute Gasteiger partial charge is 0.251 e. The molecule has 4 heteroatoms. The van der Waals surface area contributed by atoms with E-state index in [0.29, 0.717) is 30.6 Å². The molecule has 0 fully saturated rings. The summed E-state index contributed by atoms with van der Waals surface area (Å²) < 4.78 is 5.28. The maximum absolute atomic E-state index is 12.8. The van der Waals surface area contributed by atoms with Gasteiger partial charge in [-0.25, -0.2) is 0 Å². The molecule has 0 saturated heterocycles. The number of unbranched alkanes of at least 4 members (excludes halogenated alkanes) is 1. The Bertz CT molecular complexity index is 672. The first kappa shape index (κ1) is 20.1. The van der Waals surface area contributed by atoms with Crippen LogP contribution in [-0.4, -0.2) is 30.8 Å². The van der Waals surface area contributed by atoms with E-state index in [-0.39, 0.29) is 11.9 Å². The fraction of sp³-hybridized carbons (Fsp3) is 0.409. The maximum Gasteiger partial charge on any atom is 0.251 e. The standard InChI is InChI=1S/C22H29NO3/c1-3-4-14-21(24)19-12-8-9-13-20(19)22(25)23-18(16-26-2)15-17-10-6-5-7-11-17/h5-13,18,21,24H,3-4,14-16H2,1-2H3,(H,23,25)/t18-,21+/m0/s1. The molecule has 0 bridgehead atoms. The van der Waals surface area contributed by atoms with E-state index in [1.54, 1.807) is 13.2 Å². The van der Waals surface area contributed by atoms with Gasteiger partial charge in [0, 0.05) is 12.7 Å². The highest BCUT2D eigenvalue weighted by atomic mass is 16.5. The molecule has 140 valence electrons. The second-order valence-corrected chi connectivity index (χ2v) is 6.56. The van der Waals surface area contributed by atoms with Crippen LogP contribution in [0.15, 0.2) is 54.6 Å². The monoisotopic (exact) mass is 355 g/mol. The Labute approximate surface area is 156 Å². The second-order valence-electron chi connectivity index (χ2n) is 6.56. The van der Waals surface area contributed by atoms with Gasteiger partial charge in [0.25, 0.3) is 5.91 Å². The molecule has 0 unspecified atom stereocenters. The summed E-state index contributed by atoms with van der Waals surface area (Å²) in [4.78, 5) is 12.8. The minimum absolute atomic E-state index is 0.129. The molecule has 2 atom stereocenters. The number of methoxy groups -OCH3 is 1. The molecule has 0 heterocycles. The van der Waals surface area contributed by atoms with Crippen LogP contribution in [0.4, 0.5) is 0 Å². The Kier molecular flexibility index (Phi) is 8.32. The van der Waals surface area contributed by atoms with Crippen molar-refractivity contribution in [1.82, 2.24) is 5.32 Å². The van der Waals surface area contributed by atoms with Crippen molar-refractivity contribution in [3.05, 3.63) is 71.3 Å². The third-order valence-electron chi connectivity index (χ3n) is 4.42. The van der Waals surface area contributed by atoms with E-state index < -0.39 is 6.10 Å². The first-order valence-electron chi connectivity index (χ1n) is 9.26. The minimum atomic E-state index is -0.619. The van der Waals surface area contributed by atoms with Gasteiger partial charge in [-0.2, -0.15) is 0 Å². The molecule has 0 saturated carbocycles. The Morgan fingerprint density at radius 3 is 2.50 bits per heavy atom. The summed E-state index contributed by atoms with van der Waals surface area (Å²) in [5.74, 6) is -0.172. The van der Waals surface area contributed by atoms with Crippen molar-refractivity contribution in [2.75, 3.05) is 13.7 Å². The molecule has 2 aromatic carbocycles. The van der Waals surface area contributed by atoms with Gasteiger partial charge >= 0.3 is 0 Å². The topological polar surface area (TPSA) is 58.6 Å². The number of hydrogen-bond acceptors (Lipinski definition) is 3. The van der Waals surface area contributed by atoms with Crippen molar-refractivity contribution in [3.8, 4) is 0 Å².